The van der Waals surface area contributed by atoms with E-state index in [0.29, 0.717) is 26.3 Å². The number of hydrogen-bond acceptors (Lipinski definition) is 8. The van der Waals surface area contributed by atoms with Crippen LogP contribution >= 0.6 is 0 Å². The van der Waals surface area contributed by atoms with Gasteiger partial charge in [-0.25, -0.2) is 8.78 Å². The first-order valence-electron chi connectivity index (χ1n) is 22.8. The minimum Gasteiger partial charge on any atom is -0.472 e. The number of H-pyrrole nitrogens is 1. The van der Waals surface area contributed by atoms with Gasteiger partial charge in [-0.05, 0) is 124 Å². The van der Waals surface area contributed by atoms with Crippen LogP contribution in [0.2, 0.25) is 0 Å². The number of nitrogens with one attached hydrogen (secondary N) is 4. The molecule has 1 amide bonds. The van der Waals surface area contributed by atoms with Gasteiger partial charge in [-0.2, -0.15) is 0 Å². The van der Waals surface area contributed by atoms with E-state index < -0.39 is 12.0 Å². The first-order valence-corrected chi connectivity index (χ1v) is 22.8. The number of ether oxygens (including phenoxy) is 2. The molecule has 0 spiro atoms. The average molecular weight is 839 g/mol. The van der Waals surface area contributed by atoms with Gasteiger partial charge in [0, 0.05) is 79.2 Å². The molecule has 6 N–H and O–H groups in total. The van der Waals surface area contributed by atoms with E-state index in [4.69, 9.17) is 15.2 Å². The Hall–Kier alpha value is -4.43. The number of amides is 1. The Balaban J connectivity index is 0.884. The van der Waals surface area contributed by atoms with Gasteiger partial charge in [-0.15, -0.1) is 0 Å². The Morgan fingerprint density at radius 2 is 1.92 bits per heavy atom. The lowest BCUT2D eigenvalue weighted by Crippen LogP contribution is -2.49. The SMILES string of the molecule is CCc1cc(C2=CC3=C(CC2)c2cc4cc(C5=CNC(=CC6CCCN6CC(NCOC)C6CCC(F)(F)CC6)N5)ccc4n2CO3)[nH]c1C1CCCN1C(=O)C(N)C(C)C. The number of alkyl halides is 2. The number of aromatic nitrogens is 2. The summed E-state index contributed by atoms with van der Waals surface area (Å²) in [7, 11) is 1.67. The van der Waals surface area contributed by atoms with Crippen LogP contribution in [-0.4, -0.2) is 82.8 Å². The van der Waals surface area contributed by atoms with Crippen LogP contribution in [0.1, 0.15) is 119 Å². The number of benzene rings is 1. The highest BCUT2D eigenvalue weighted by atomic mass is 19.3. The van der Waals surface area contributed by atoms with E-state index in [0.717, 1.165) is 104 Å². The van der Waals surface area contributed by atoms with Gasteiger partial charge in [-0.1, -0.05) is 26.8 Å². The number of carbonyl (C=O) groups is 1. The standard InChI is InChI=1S/C48H64F2N8O3/c1-5-30-21-37(55-46(30)41-9-7-19-57(41)47(59)45(51)29(2)3)33-10-12-36-42-22-34-20-32(11-13-40(34)58(42)28-61-43(36)23-33)38-25-52-44(54-38)24-35-8-6-18-56(35)26-39(53-27-60-4)31-14-16-48(49,50)17-15-31/h11,13,20-25,29,31,35,39,41,45,52-55H,5-10,12,14-19,26-28,51H2,1-4H3. The van der Waals surface area contributed by atoms with Crippen LogP contribution in [0.3, 0.4) is 0 Å². The fourth-order valence-corrected chi connectivity index (χ4v) is 10.7. The summed E-state index contributed by atoms with van der Waals surface area (Å²) >= 11 is 0. The molecule has 2 saturated heterocycles. The maximum absolute atomic E-state index is 14.0. The summed E-state index contributed by atoms with van der Waals surface area (Å²) in [5.74, 6) is -0.262. The predicted molar refractivity (Wildman–Crippen MR) is 236 cm³/mol. The normalized spacial score (nSPS) is 24.7. The van der Waals surface area contributed by atoms with Crippen molar-refractivity contribution >= 4 is 33.7 Å². The van der Waals surface area contributed by atoms with Gasteiger partial charge >= 0.3 is 0 Å². The maximum atomic E-state index is 14.0. The molecule has 2 aliphatic carbocycles. The molecule has 0 radical (unpaired) electrons. The smallest absolute Gasteiger partial charge is 0.248 e. The van der Waals surface area contributed by atoms with Crippen molar-refractivity contribution in [3.05, 3.63) is 88.5 Å². The Morgan fingerprint density at radius 1 is 1.10 bits per heavy atom. The monoisotopic (exact) mass is 839 g/mol. The molecule has 3 fully saturated rings. The van der Waals surface area contributed by atoms with Crippen molar-refractivity contribution in [1.29, 1.82) is 0 Å². The van der Waals surface area contributed by atoms with Crippen LogP contribution in [0.15, 0.2) is 60.3 Å². The van der Waals surface area contributed by atoms with Gasteiger partial charge in [0.05, 0.1) is 35.7 Å². The molecule has 61 heavy (non-hydrogen) atoms. The van der Waals surface area contributed by atoms with Crippen LogP contribution in [0.4, 0.5) is 8.78 Å². The van der Waals surface area contributed by atoms with Crippen LogP contribution in [0.25, 0.3) is 27.7 Å². The molecule has 3 aromatic rings. The number of rotatable bonds is 13. The summed E-state index contributed by atoms with van der Waals surface area (Å²) in [5, 5.41) is 11.8. The number of hydrogen-bond donors (Lipinski definition) is 5. The van der Waals surface area contributed by atoms with Gasteiger partial charge < -0.3 is 40.3 Å². The summed E-state index contributed by atoms with van der Waals surface area (Å²) in [6, 6.07) is 11.1. The molecule has 4 atom stereocenters. The topological polar surface area (TPSA) is 125 Å². The number of fused-ring (bicyclic) bond motifs is 4. The molecule has 6 aliphatic rings. The van der Waals surface area contributed by atoms with E-state index >= 15 is 0 Å². The van der Waals surface area contributed by atoms with E-state index in [1.807, 2.05) is 24.9 Å². The molecule has 328 valence electrons. The first-order chi connectivity index (χ1) is 29.5. The van der Waals surface area contributed by atoms with Crippen molar-refractivity contribution in [2.24, 2.45) is 17.6 Å². The van der Waals surface area contributed by atoms with E-state index in [1.165, 1.54) is 27.8 Å². The summed E-state index contributed by atoms with van der Waals surface area (Å²) < 4.78 is 42.1. The molecule has 13 heteroatoms. The summed E-state index contributed by atoms with van der Waals surface area (Å²) in [4.78, 5) is 21.7. The lowest BCUT2D eigenvalue weighted by atomic mass is 9.82. The third-order valence-electron chi connectivity index (χ3n) is 14.3. The number of carbonyl (C=O) groups excluding carboxylic acids is 1. The van der Waals surface area contributed by atoms with Gasteiger partial charge in [0.2, 0.25) is 11.8 Å². The van der Waals surface area contributed by atoms with Crippen molar-refractivity contribution in [1.82, 2.24) is 35.3 Å². The Labute approximate surface area is 358 Å². The van der Waals surface area contributed by atoms with Gasteiger partial charge in [0.25, 0.3) is 0 Å². The molecule has 9 rings (SSSR count). The summed E-state index contributed by atoms with van der Waals surface area (Å²) in [6.45, 7) is 9.63. The van der Waals surface area contributed by atoms with Crippen LogP contribution in [0.5, 0.6) is 0 Å². The molecule has 6 heterocycles. The van der Waals surface area contributed by atoms with Gasteiger partial charge in [0.15, 0.2) is 6.73 Å². The molecule has 4 unspecified atom stereocenters. The number of aryl methyl sites for hydroxylation is 1. The third-order valence-corrected chi connectivity index (χ3v) is 14.3. The van der Waals surface area contributed by atoms with E-state index in [9.17, 15) is 13.6 Å². The van der Waals surface area contributed by atoms with Crippen LogP contribution in [0, 0.1) is 11.8 Å². The second kappa shape index (κ2) is 17.4. The Kier molecular flexibility index (Phi) is 11.9. The highest BCUT2D eigenvalue weighted by Crippen LogP contribution is 2.43. The molecular weight excluding hydrogens is 775 g/mol. The van der Waals surface area contributed by atoms with E-state index in [1.54, 1.807) is 7.11 Å². The van der Waals surface area contributed by atoms with Crippen molar-refractivity contribution in [3.8, 4) is 0 Å². The number of halogens is 2. The third kappa shape index (κ3) is 8.43. The molecule has 1 aromatic carbocycles. The average Bonchev–Trinajstić information content (AvgIpc) is 4.12. The summed E-state index contributed by atoms with van der Waals surface area (Å²) in [5.41, 5.74) is 16.8. The number of allylic oxidation sites excluding steroid dienone is 3. The predicted octanol–water partition coefficient (Wildman–Crippen LogP) is 7.94. The fourth-order valence-electron chi connectivity index (χ4n) is 10.7. The highest BCUT2D eigenvalue weighted by Gasteiger charge is 2.39. The Bertz CT molecular complexity index is 2240. The van der Waals surface area contributed by atoms with Crippen molar-refractivity contribution in [2.45, 2.75) is 128 Å². The second-order valence-corrected chi connectivity index (χ2v) is 18.5. The minimum absolute atomic E-state index is 0.0276. The van der Waals surface area contributed by atoms with Crippen LogP contribution in [-0.2, 0) is 27.4 Å². The minimum atomic E-state index is -2.53. The molecule has 11 nitrogen and oxygen atoms in total. The largest absolute Gasteiger partial charge is 0.472 e. The highest BCUT2D eigenvalue weighted by molar-refractivity contribution is 5.91. The summed E-state index contributed by atoms with van der Waals surface area (Å²) in [6.07, 6.45) is 14.3. The van der Waals surface area contributed by atoms with Gasteiger partial charge in [0.1, 0.15) is 11.6 Å². The molecular formula is C48H64F2N8O3. The van der Waals surface area contributed by atoms with Crippen molar-refractivity contribution in [3.63, 3.8) is 0 Å². The van der Waals surface area contributed by atoms with Crippen molar-refractivity contribution < 1.29 is 23.0 Å². The quantitative estimate of drug-likeness (QED) is 0.110. The number of nitrogens with zero attached hydrogens (tertiary/aromatic N) is 3. The number of nitrogens with two attached hydrogens (primary N) is 1. The Morgan fingerprint density at radius 3 is 2.70 bits per heavy atom. The van der Waals surface area contributed by atoms with Gasteiger partial charge in [-0.3, -0.25) is 15.0 Å². The molecule has 2 aromatic heterocycles. The molecule has 4 aliphatic heterocycles. The number of likely N-dealkylation sites (tertiary alicyclic amines) is 2. The zero-order valence-electron chi connectivity index (χ0n) is 36.3. The first kappa shape index (κ1) is 41.9. The zero-order valence-corrected chi connectivity index (χ0v) is 36.3. The number of aromatic amines is 1. The lowest BCUT2D eigenvalue weighted by Gasteiger charge is -2.37. The molecule has 1 saturated carbocycles. The molecule has 0 bridgehead atoms. The van der Waals surface area contributed by atoms with E-state index in [-0.39, 0.29) is 48.7 Å². The maximum Gasteiger partial charge on any atom is 0.248 e. The van der Waals surface area contributed by atoms with Crippen LogP contribution < -0.4 is 21.7 Å². The van der Waals surface area contributed by atoms with Crippen molar-refractivity contribution in [2.75, 3.05) is 33.5 Å². The number of methoxy groups -OCH3 is 1. The fraction of sp³-hybridized carbons (Fsp3) is 0.562. The van der Waals surface area contributed by atoms with E-state index in [2.05, 4.69) is 79.8 Å². The lowest BCUT2D eigenvalue weighted by molar-refractivity contribution is -0.134. The second-order valence-electron chi connectivity index (χ2n) is 18.5. The zero-order chi connectivity index (χ0) is 42.4.